The first-order chi connectivity index (χ1) is 14.5. The van der Waals surface area contributed by atoms with Crippen molar-refractivity contribution >= 4 is 67.3 Å². The molecule has 2 N–H and O–H groups in total. The molecule has 2 heterocycles. The van der Waals surface area contributed by atoms with Gasteiger partial charge in [0.1, 0.15) is 0 Å². The molecule has 1 amide bonds. The Bertz CT molecular complexity index is 1420. The molecule has 0 saturated carbocycles. The van der Waals surface area contributed by atoms with Crippen molar-refractivity contribution in [3.63, 3.8) is 0 Å². The van der Waals surface area contributed by atoms with Gasteiger partial charge < -0.3 is 10.3 Å². The number of aryl methyl sites for hydroxylation is 1. The third-order valence-corrected chi connectivity index (χ3v) is 6.45. The van der Waals surface area contributed by atoms with Crippen molar-refractivity contribution < 1.29 is 4.79 Å². The van der Waals surface area contributed by atoms with Gasteiger partial charge in [-0.25, -0.2) is 4.98 Å². The summed E-state index contributed by atoms with van der Waals surface area (Å²) in [5.41, 5.74) is 4.62. The third-order valence-electron chi connectivity index (χ3n) is 4.87. The number of carbonyl (C=O) groups excluding carboxylic acids is 1. The number of nitrogens with one attached hydrogen (secondary N) is 2. The van der Waals surface area contributed by atoms with Crippen LogP contribution in [0.2, 0.25) is 10.0 Å². The Balaban J connectivity index is 1.46. The standard InChI is InChI=1S/C23H15Cl2N3OS/c1-12-26-19-11-15(6-8-21(19)30-12)27-23(29)13-5-7-18-14(9-13)10-20(28-18)22-16(24)3-2-4-17(22)25/h2-11,28H,1H3,(H,27,29). The van der Waals surface area contributed by atoms with E-state index in [0.717, 1.165) is 43.1 Å². The average Bonchev–Trinajstić information content (AvgIpc) is 3.29. The minimum Gasteiger partial charge on any atom is -0.354 e. The van der Waals surface area contributed by atoms with Crippen molar-refractivity contribution in [2.75, 3.05) is 5.32 Å². The maximum atomic E-state index is 12.8. The number of nitrogens with zero attached hydrogens (tertiary/aromatic N) is 1. The van der Waals surface area contributed by atoms with E-state index in [1.54, 1.807) is 29.5 Å². The molecule has 4 nitrogen and oxygen atoms in total. The predicted octanol–water partition coefficient (Wildman–Crippen LogP) is 7.31. The number of H-pyrrole nitrogens is 1. The Morgan fingerprint density at radius 3 is 2.63 bits per heavy atom. The molecule has 3 aromatic carbocycles. The van der Waals surface area contributed by atoms with Crippen LogP contribution in [0.3, 0.4) is 0 Å². The van der Waals surface area contributed by atoms with Crippen LogP contribution in [0, 0.1) is 6.92 Å². The SMILES string of the molecule is Cc1nc2cc(NC(=O)c3ccc4[nH]c(-c5c(Cl)cccc5Cl)cc4c3)ccc2s1. The maximum Gasteiger partial charge on any atom is 0.255 e. The minimum atomic E-state index is -0.179. The molecule has 0 spiro atoms. The predicted molar refractivity (Wildman–Crippen MR) is 126 cm³/mol. The summed E-state index contributed by atoms with van der Waals surface area (Å²) in [6.07, 6.45) is 0. The van der Waals surface area contributed by atoms with Crippen LogP contribution >= 0.6 is 34.5 Å². The number of benzene rings is 3. The van der Waals surface area contributed by atoms with Crippen molar-refractivity contribution in [1.29, 1.82) is 0 Å². The number of hydrogen-bond acceptors (Lipinski definition) is 3. The van der Waals surface area contributed by atoms with E-state index in [-0.39, 0.29) is 5.91 Å². The largest absolute Gasteiger partial charge is 0.354 e. The molecule has 0 saturated heterocycles. The van der Waals surface area contributed by atoms with Gasteiger partial charge in [-0.1, -0.05) is 29.3 Å². The highest BCUT2D eigenvalue weighted by Crippen LogP contribution is 2.35. The number of halogens is 2. The lowest BCUT2D eigenvalue weighted by molar-refractivity contribution is 0.102. The van der Waals surface area contributed by atoms with E-state index in [2.05, 4.69) is 15.3 Å². The van der Waals surface area contributed by atoms with Crippen molar-refractivity contribution in [3.05, 3.63) is 81.3 Å². The number of thiazole rings is 1. The van der Waals surface area contributed by atoms with Crippen LogP contribution in [0.4, 0.5) is 5.69 Å². The number of anilines is 1. The fourth-order valence-electron chi connectivity index (χ4n) is 3.49. The summed E-state index contributed by atoms with van der Waals surface area (Å²) in [7, 11) is 0. The Morgan fingerprint density at radius 1 is 1.03 bits per heavy atom. The van der Waals surface area contributed by atoms with Gasteiger partial charge in [0.15, 0.2) is 0 Å². The number of carbonyl (C=O) groups is 1. The molecule has 0 atom stereocenters. The van der Waals surface area contributed by atoms with E-state index in [1.807, 2.05) is 49.4 Å². The van der Waals surface area contributed by atoms with Gasteiger partial charge in [0.25, 0.3) is 5.91 Å². The van der Waals surface area contributed by atoms with E-state index in [1.165, 1.54) is 0 Å². The van der Waals surface area contributed by atoms with E-state index >= 15 is 0 Å². The van der Waals surface area contributed by atoms with Gasteiger partial charge in [-0.05, 0) is 61.5 Å². The topological polar surface area (TPSA) is 57.8 Å². The highest BCUT2D eigenvalue weighted by atomic mass is 35.5. The van der Waals surface area contributed by atoms with E-state index in [4.69, 9.17) is 23.2 Å². The lowest BCUT2D eigenvalue weighted by Gasteiger charge is -2.05. The van der Waals surface area contributed by atoms with Gasteiger partial charge in [-0.2, -0.15) is 0 Å². The molecule has 0 radical (unpaired) electrons. The highest BCUT2D eigenvalue weighted by molar-refractivity contribution is 7.18. The lowest BCUT2D eigenvalue weighted by atomic mass is 10.1. The van der Waals surface area contributed by atoms with E-state index < -0.39 is 0 Å². The van der Waals surface area contributed by atoms with Crippen LogP contribution in [-0.2, 0) is 0 Å². The van der Waals surface area contributed by atoms with Crippen LogP contribution < -0.4 is 5.32 Å². The Labute approximate surface area is 186 Å². The summed E-state index contributed by atoms with van der Waals surface area (Å²) in [6.45, 7) is 1.97. The van der Waals surface area contributed by atoms with Gasteiger partial charge in [-0.3, -0.25) is 4.79 Å². The van der Waals surface area contributed by atoms with Crippen molar-refractivity contribution in [2.24, 2.45) is 0 Å². The molecule has 5 aromatic rings. The smallest absolute Gasteiger partial charge is 0.255 e. The first-order valence-corrected chi connectivity index (χ1v) is 10.8. The molecule has 30 heavy (non-hydrogen) atoms. The normalized spacial score (nSPS) is 11.3. The quantitative estimate of drug-likeness (QED) is 0.302. The molecule has 2 aromatic heterocycles. The Morgan fingerprint density at radius 2 is 1.83 bits per heavy atom. The Kier molecular flexibility index (Phi) is 4.74. The fourth-order valence-corrected chi connectivity index (χ4v) is 4.90. The molecule has 148 valence electrons. The molecule has 0 aliphatic heterocycles. The first-order valence-electron chi connectivity index (χ1n) is 9.23. The molecule has 7 heteroatoms. The number of fused-ring (bicyclic) bond motifs is 2. The average molecular weight is 452 g/mol. The number of amides is 1. The van der Waals surface area contributed by atoms with Gasteiger partial charge in [0.05, 0.1) is 25.3 Å². The molecular weight excluding hydrogens is 437 g/mol. The van der Waals surface area contributed by atoms with Crippen LogP contribution in [0.1, 0.15) is 15.4 Å². The highest BCUT2D eigenvalue weighted by Gasteiger charge is 2.13. The molecular formula is C23H15Cl2N3OS. The van der Waals surface area contributed by atoms with Crippen molar-refractivity contribution in [2.45, 2.75) is 6.92 Å². The van der Waals surface area contributed by atoms with Crippen LogP contribution in [0.15, 0.2) is 60.7 Å². The molecule has 0 unspecified atom stereocenters. The van der Waals surface area contributed by atoms with Crippen molar-refractivity contribution in [1.82, 2.24) is 9.97 Å². The summed E-state index contributed by atoms with van der Waals surface area (Å²) in [5.74, 6) is -0.179. The second kappa shape index (κ2) is 7.43. The second-order valence-corrected chi connectivity index (χ2v) is 9.00. The minimum absolute atomic E-state index is 0.179. The third kappa shape index (κ3) is 3.45. The fraction of sp³-hybridized carbons (Fsp3) is 0.0435. The first kappa shape index (κ1) is 19.1. The number of hydrogen-bond donors (Lipinski definition) is 2. The molecule has 0 fully saturated rings. The summed E-state index contributed by atoms with van der Waals surface area (Å²) in [6, 6.07) is 18.6. The van der Waals surface area contributed by atoms with Gasteiger partial charge in [0.2, 0.25) is 0 Å². The molecule has 5 rings (SSSR count). The monoisotopic (exact) mass is 451 g/mol. The maximum absolute atomic E-state index is 12.8. The van der Waals surface area contributed by atoms with E-state index in [0.29, 0.717) is 15.6 Å². The van der Waals surface area contributed by atoms with Gasteiger partial charge >= 0.3 is 0 Å². The number of aromatic amines is 1. The van der Waals surface area contributed by atoms with Gasteiger partial charge in [0, 0.05) is 33.4 Å². The molecule has 0 bridgehead atoms. The van der Waals surface area contributed by atoms with Gasteiger partial charge in [-0.15, -0.1) is 11.3 Å². The summed E-state index contributed by atoms with van der Waals surface area (Å²) >= 11 is 14.3. The number of rotatable bonds is 3. The zero-order chi connectivity index (χ0) is 20.8. The zero-order valence-electron chi connectivity index (χ0n) is 15.8. The van der Waals surface area contributed by atoms with E-state index in [9.17, 15) is 4.79 Å². The number of aromatic nitrogens is 2. The summed E-state index contributed by atoms with van der Waals surface area (Å²) in [4.78, 5) is 20.6. The lowest BCUT2D eigenvalue weighted by Crippen LogP contribution is -2.11. The molecule has 0 aliphatic rings. The van der Waals surface area contributed by atoms with Crippen LogP contribution in [0.5, 0.6) is 0 Å². The summed E-state index contributed by atoms with van der Waals surface area (Å²) in [5, 5.41) is 6.00. The summed E-state index contributed by atoms with van der Waals surface area (Å²) < 4.78 is 1.10. The molecule has 0 aliphatic carbocycles. The second-order valence-electron chi connectivity index (χ2n) is 6.95. The van der Waals surface area contributed by atoms with Crippen molar-refractivity contribution in [3.8, 4) is 11.3 Å². The van der Waals surface area contributed by atoms with Crippen LogP contribution in [-0.4, -0.2) is 15.9 Å². The van der Waals surface area contributed by atoms with Crippen LogP contribution in [0.25, 0.3) is 32.4 Å². The Hall–Kier alpha value is -2.86. The zero-order valence-corrected chi connectivity index (χ0v) is 18.1.